The third-order valence-corrected chi connectivity index (χ3v) is 7.88. The lowest BCUT2D eigenvalue weighted by Gasteiger charge is -2.27. The van der Waals surface area contributed by atoms with Gasteiger partial charge in [0.15, 0.2) is 0 Å². The maximum Gasteiger partial charge on any atom is 0.321 e. The van der Waals surface area contributed by atoms with Gasteiger partial charge in [-0.05, 0) is 54.1 Å². The molecule has 4 aromatic rings. The molecule has 0 unspecified atom stereocenters. The van der Waals surface area contributed by atoms with E-state index in [-0.39, 0.29) is 6.61 Å². The minimum absolute atomic E-state index is 0.0591. The molecule has 0 bridgehead atoms. The van der Waals surface area contributed by atoms with Crippen LogP contribution in [0.25, 0.3) is 10.1 Å². The number of hydrogen-bond acceptors (Lipinski definition) is 9. The first-order valence-corrected chi connectivity index (χ1v) is 13.3. The number of aromatic nitrogens is 3. The molecule has 0 amide bonds. The van der Waals surface area contributed by atoms with Crippen LogP contribution in [0.4, 0.5) is 5.95 Å². The van der Waals surface area contributed by atoms with Crippen molar-refractivity contribution in [1.82, 2.24) is 15.0 Å². The Morgan fingerprint density at radius 2 is 1.84 bits per heavy atom. The number of aliphatic hydroxyl groups is 1. The van der Waals surface area contributed by atoms with Crippen LogP contribution in [0.5, 0.6) is 11.8 Å². The molecule has 2 aromatic heterocycles. The van der Waals surface area contributed by atoms with Crippen LogP contribution in [0.15, 0.2) is 36.4 Å². The Kier molecular flexibility index (Phi) is 7.83. The van der Waals surface area contributed by atoms with Crippen LogP contribution in [0.1, 0.15) is 33.0 Å². The summed E-state index contributed by atoms with van der Waals surface area (Å²) in [6, 6.07) is 12.7. The number of morpholine rings is 1. The second-order valence-corrected chi connectivity index (χ2v) is 10.4. The first-order chi connectivity index (χ1) is 18.0. The number of benzene rings is 2. The highest BCUT2D eigenvalue weighted by Gasteiger charge is 2.18. The molecule has 194 valence electrons. The molecule has 1 aliphatic heterocycles. The Morgan fingerprint density at radius 3 is 2.62 bits per heavy atom. The first-order valence-electron chi connectivity index (χ1n) is 12.5. The molecule has 1 fully saturated rings. The summed E-state index contributed by atoms with van der Waals surface area (Å²) < 4.78 is 18.2. The van der Waals surface area contributed by atoms with Crippen LogP contribution >= 0.6 is 11.3 Å². The fourth-order valence-corrected chi connectivity index (χ4v) is 5.50. The van der Waals surface area contributed by atoms with Crippen molar-refractivity contribution in [2.24, 2.45) is 0 Å². The van der Waals surface area contributed by atoms with E-state index >= 15 is 0 Å². The van der Waals surface area contributed by atoms with Crippen molar-refractivity contribution in [2.75, 3.05) is 44.9 Å². The van der Waals surface area contributed by atoms with Crippen LogP contribution < -0.4 is 14.4 Å². The molecule has 9 heteroatoms. The highest BCUT2D eigenvalue weighted by atomic mass is 32.1. The van der Waals surface area contributed by atoms with E-state index in [1.165, 1.54) is 20.5 Å². The fourth-order valence-electron chi connectivity index (χ4n) is 4.45. The van der Waals surface area contributed by atoms with Crippen molar-refractivity contribution in [3.05, 3.63) is 69.4 Å². The molecule has 2 aromatic carbocycles. The number of nitrogens with zero attached hydrogens (tertiary/aromatic N) is 4. The quantitative estimate of drug-likeness (QED) is 0.350. The minimum atomic E-state index is -0.0591. The maximum absolute atomic E-state index is 9.46. The number of anilines is 1. The van der Waals surface area contributed by atoms with Crippen molar-refractivity contribution < 1.29 is 19.3 Å². The van der Waals surface area contributed by atoms with Crippen LogP contribution in [0, 0.1) is 13.8 Å². The van der Waals surface area contributed by atoms with Gasteiger partial charge in [-0.1, -0.05) is 18.2 Å². The number of ether oxygens (including phenoxy) is 3. The molecular weight excluding hydrogens is 488 g/mol. The second kappa shape index (κ2) is 11.4. The van der Waals surface area contributed by atoms with Gasteiger partial charge < -0.3 is 24.2 Å². The molecule has 8 nitrogen and oxygen atoms in total. The molecule has 0 radical (unpaired) electrons. The largest absolute Gasteiger partial charge is 0.496 e. The zero-order chi connectivity index (χ0) is 25.8. The average Bonchev–Trinajstić information content (AvgIpc) is 3.21. The van der Waals surface area contributed by atoms with Crippen molar-refractivity contribution >= 4 is 27.4 Å². The van der Waals surface area contributed by atoms with Gasteiger partial charge in [0.05, 0.1) is 33.5 Å². The number of fused-ring (bicyclic) bond motifs is 1. The van der Waals surface area contributed by atoms with E-state index in [4.69, 9.17) is 19.2 Å². The number of rotatable bonds is 9. The van der Waals surface area contributed by atoms with Gasteiger partial charge in [-0.25, -0.2) is 0 Å². The van der Waals surface area contributed by atoms with Gasteiger partial charge in [0.2, 0.25) is 5.95 Å². The summed E-state index contributed by atoms with van der Waals surface area (Å²) in [4.78, 5) is 17.6. The Balaban J connectivity index is 1.36. The number of aryl methyl sites for hydroxylation is 2. The standard InChI is InChI=1S/C28H32N4O4S/c1-18-19(2)37-25-7-5-21(14-23(18)25)16-26-29-27(32-9-12-35-13-10-32)31-28(30-26)36-11-8-20-4-6-22(17-33)24(15-20)34-3/h4-7,14-15,33H,8-13,16-17H2,1-3H3. The third kappa shape index (κ3) is 5.84. The predicted molar refractivity (Wildman–Crippen MR) is 145 cm³/mol. The Bertz CT molecular complexity index is 1380. The highest BCUT2D eigenvalue weighted by Crippen LogP contribution is 2.31. The van der Waals surface area contributed by atoms with E-state index in [1.54, 1.807) is 7.11 Å². The summed E-state index contributed by atoms with van der Waals surface area (Å²) in [5.41, 5.74) is 4.30. The number of aliphatic hydroxyl groups excluding tert-OH is 1. The first kappa shape index (κ1) is 25.4. The normalized spacial score (nSPS) is 13.8. The summed E-state index contributed by atoms with van der Waals surface area (Å²) in [6.07, 6.45) is 1.25. The van der Waals surface area contributed by atoms with Crippen molar-refractivity contribution in [3.8, 4) is 11.8 Å². The molecular formula is C28H32N4O4S. The number of thiophene rings is 1. The second-order valence-electron chi connectivity index (χ2n) is 9.13. The summed E-state index contributed by atoms with van der Waals surface area (Å²) in [7, 11) is 1.60. The van der Waals surface area contributed by atoms with Gasteiger partial charge in [-0.3, -0.25) is 0 Å². The zero-order valence-corrected chi connectivity index (χ0v) is 22.3. The number of methoxy groups -OCH3 is 1. The Labute approximate surface area is 220 Å². The summed E-state index contributed by atoms with van der Waals surface area (Å²) >= 11 is 1.83. The zero-order valence-electron chi connectivity index (χ0n) is 21.5. The predicted octanol–water partition coefficient (Wildman–Crippen LogP) is 4.25. The van der Waals surface area contributed by atoms with E-state index < -0.39 is 0 Å². The molecule has 0 aliphatic carbocycles. The summed E-state index contributed by atoms with van der Waals surface area (Å²) in [5, 5.41) is 10.8. The monoisotopic (exact) mass is 520 g/mol. The van der Waals surface area contributed by atoms with Crippen molar-refractivity contribution in [2.45, 2.75) is 33.3 Å². The lowest BCUT2D eigenvalue weighted by Crippen LogP contribution is -2.37. The van der Waals surface area contributed by atoms with Crippen molar-refractivity contribution in [1.29, 1.82) is 0 Å². The minimum Gasteiger partial charge on any atom is -0.496 e. The van der Waals surface area contributed by atoms with E-state index in [2.05, 4.69) is 46.9 Å². The lowest BCUT2D eigenvalue weighted by molar-refractivity contribution is 0.122. The topological polar surface area (TPSA) is 89.8 Å². The molecule has 1 aliphatic rings. The average molecular weight is 521 g/mol. The molecule has 0 atom stereocenters. The third-order valence-electron chi connectivity index (χ3n) is 6.69. The maximum atomic E-state index is 9.46. The van der Waals surface area contributed by atoms with Gasteiger partial charge in [0, 0.05) is 41.1 Å². The summed E-state index contributed by atoms with van der Waals surface area (Å²) in [6.45, 7) is 7.46. The van der Waals surface area contributed by atoms with E-state index in [1.807, 2.05) is 29.5 Å². The Hall–Kier alpha value is -3.27. The van der Waals surface area contributed by atoms with Crippen LogP contribution in [-0.4, -0.2) is 60.1 Å². The molecule has 0 saturated carbocycles. The number of hydrogen-bond donors (Lipinski definition) is 1. The van der Waals surface area contributed by atoms with Gasteiger partial charge >= 0.3 is 6.01 Å². The van der Waals surface area contributed by atoms with Crippen LogP contribution in [0.2, 0.25) is 0 Å². The van der Waals surface area contributed by atoms with Gasteiger partial charge in [-0.15, -0.1) is 11.3 Å². The van der Waals surface area contributed by atoms with Gasteiger partial charge in [0.1, 0.15) is 11.6 Å². The van der Waals surface area contributed by atoms with Gasteiger partial charge in [-0.2, -0.15) is 15.0 Å². The Morgan fingerprint density at radius 1 is 1.03 bits per heavy atom. The molecule has 1 saturated heterocycles. The van der Waals surface area contributed by atoms with Gasteiger partial charge in [0.25, 0.3) is 0 Å². The molecule has 37 heavy (non-hydrogen) atoms. The molecule has 5 rings (SSSR count). The van der Waals surface area contributed by atoms with E-state index in [9.17, 15) is 5.11 Å². The molecule has 3 heterocycles. The fraction of sp³-hybridized carbons (Fsp3) is 0.393. The van der Waals surface area contributed by atoms with Crippen molar-refractivity contribution in [3.63, 3.8) is 0 Å². The van der Waals surface area contributed by atoms with Crippen LogP contribution in [-0.2, 0) is 24.2 Å². The SMILES string of the molecule is COc1cc(CCOc2nc(Cc3ccc4sc(C)c(C)c4c3)nc(N3CCOCC3)n2)ccc1CO. The molecule has 0 spiro atoms. The van der Waals surface area contributed by atoms with E-state index in [0.29, 0.717) is 56.2 Å². The highest BCUT2D eigenvalue weighted by molar-refractivity contribution is 7.19. The summed E-state index contributed by atoms with van der Waals surface area (Å²) in [5.74, 6) is 1.98. The lowest BCUT2D eigenvalue weighted by atomic mass is 10.1. The van der Waals surface area contributed by atoms with Crippen LogP contribution in [0.3, 0.4) is 0 Å². The molecule has 1 N–H and O–H groups in total. The smallest absolute Gasteiger partial charge is 0.321 e. The van der Waals surface area contributed by atoms with E-state index in [0.717, 1.165) is 29.8 Å².